The number of pyridine rings is 1. The summed E-state index contributed by atoms with van der Waals surface area (Å²) in [5.41, 5.74) is 3.37. The molecule has 5 aliphatic rings. The van der Waals surface area contributed by atoms with E-state index in [0.29, 0.717) is 6.42 Å². The first kappa shape index (κ1) is 22.8. The lowest BCUT2D eigenvalue weighted by molar-refractivity contribution is -0.124. The second-order valence-electron chi connectivity index (χ2n) is 11.6. The molecular weight excluding hydrogens is 436 g/mol. The Bertz CT molecular complexity index is 1080. The highest BCUT2D eigenvalue weighted by atomic mass is 16.5. The molecule has 1 amide bonds. The molecule has 0 spiro atoms. The van der Waals surface area contributed by atoms with Gasteiger partial charge >= 0.3 is 0 Å². The van der Waals surface area contributed by atoms with Crippen LogP contribution in [-0.4, -0.2) is 37.1 Å². The van der Waals surface area contributed by atoms with Crippen LogP contribution >= 0.6 is 0 Å². The van der Waals surface area contributed by atoms with E-state index >= 15 is 0 Å². The number of hydrogen-bond donors (Lipinski definition) is 3. The fourth-order valence-electron chi connectivity index (χ4n) is 7.68. The zero-order valence-electron chi connectivity index (χ0n) is 20.7. The molecule has 35 heavy (non-hydrogen) atoms. The molecule has 7 rings (SSSR count). The van der Waals surface area contributed by atoms with Gasteiger partial charge in [0.1, 0.15) is 5.82 Å². The maximum atomic E-state index is 13.2. The number of amides is 1. The maximum absolute atomic E-state index is 13.2. The maximum Gasteiger partial charge on any atom is 0.224 e. The molecule has 3 N–H and O–H groups in total. The summed E-state index contributed by atoms with van der Waals surface area (Å²) in [4.78, 5) is 18.0. The molecule has 6 nitrogen and oxygen atoms in total. The number of nitrogens with one attached hydrogen (secondary N) is 3. The van der Waals surface area contributed by atoms with Gasteiger partial charge in [0.25, 0.3) is 0 Å². The molecule has 1 aliphatic heterocycles. The highest BCUT2D eigenvalue weighted by Gasteiger charge is 2.51. The first-order valence-electron chi connectivity index (χ1n) is 13.6. The van der Waals surface area contributed by atoms with Gasteiger partial charge in [0.05, 0.1) is 24.1 Å². The molecule has 0 atom stereocenters. The normalized spacial score (nSPS) is 29.0. The Morgan fingerprint density at radius 3 is 2.57 bits per heavy atom. The van der Waals surface area contributed by atoms with E-state index in [9.17, 15) is 4.79 Å². The molecule has 1 aromatic heterocycles. The monoisotopic (exact) mass is 474 g/mol. The number of hydrogen-bond acceptors (Lipinski definition) is 5. The van der Waals surface area contributed by atoms with Crippen LogP contribution in [0.4, 0.5) is 11.5 Å². The average Bonchev–Trinajstić information content (AvgIpc) is 2.83. The number of carbonyl (C=O) groups excluding carboxylic acids is 1. The Labute approximate surface area is 208 Å². The number of ether oxygens (including phenoxy) is 1. The van der Waals surface area contributed by atoms with E-state index in [4.69, 9.17) is 9.72 Å². The molecule has 2 heterocycles. The van der Waals surface area contributed by atoms with Crippen molar-refractivity contribution < 1.29 is 9.53 Å². The predicted molar refractivity (Wildman–Crippen MR) is 140 cm³/mol. The molecule has 1 aromatic carbocycles. The fraction of sp³-hybridized carbons (Fsp3) is 0.586. The Balaban J connectivity index is 1.04. The highest BCUT2D eigenvalue weighted by molar-refractivity contribution is 6.01. The van der Waals surface area contributed by atoms with Crippen molar-refractivity contribution in [3.63, 3.8) is 0 Å². The van der Waals surface area contributed by atoms with E-state index in [0.717, 1.165) is 79.2 Å². The van der Waals surface area contributed by atoms with E-state index in [-0.39, 0.29) is 11.3 Å². The Kier molecular flexibility index (Phi) is 6.40. The molecule has 2 aromatic rings. The summed E-state index contributed by atoms with van der Waals surface area (Å²) in [6.45, 7) is 3.37. The summed E-state index contributed by atoms with van der Waals surface area (Å²) in [5.74, 6) is 3.64. The summed E-state index contributed by atoms with van der Waals surface area (Å²) >= 11 is 0. The molecule has 4 saturated carbocycles. The highest BCUT2D eigenvalue weighted by Crippen LogP contribution is 2.61. The minimum absolute atomic E-state index is 0.172. The molecule has 0 radical (unpaired) electrons. The van der Waals surface area contributed by atoms with E-state index in [1.165, 1.54) is 44.1 Å². The molecule has 6 heteroatoms. The van der Waals surface area contributed by atoms with Gasteiger partial charge in [-0.3, -0.25) is 4.79 Å². The van der Waals surface area contributed by atoms with Crippen molar-refractivity contribution in [3.8, 4) is 0 Å². The third-order valence-electron chi connectivity index (χ3n) is 8.68. The van der Waals surface area contributed by atoms with Crippen LogP contribution in [0.5, 0.6) is 0 Å². The number of fused-ring (bicyclic) bond motifs is 1. The van der Waals surface area contributed by atoms with Crippen LogP contribution in [0.1, 0.15) is 57.8 Å². The standard InChI is InChI=1S/C29H38N4O2/c34-28(17-29-14-21-11-22(15-29)13-23(12-21)16-29)33-26-5-1-4-25-24(26)6-7-27(32-25)31-9-8-30-18-20-3-2-10-35-19-20/h1,4-7,19,21-23,30H,2-3,8-18H2,(H,31,32)(H,33,34). The van der Waals surface area contributed by atoms with Crippen molar-refractivity contribution in [2.24, 2.45) is 23.2 Å². The lowest BCUT2D eigenvalue weighted by atomic mass is 9.49. The predicted octanol–water partition coefficient (Wildman–Crippen LogP) is 5.48. The molecule has 0 saturated heterocycles. The lowest BCUT2D eigenvalue weighted by Crippen LogP contribution is -2.47. The van der Waals surface area contributed by atoms with Gasteiger partial charge in [-0.05, 0) is 104 Å². The number of carbonyl (C=O) groups is 1. The number of benzene rings is 1. The molecule has 4 bridgehead atoms. The van der Waals surface area contributed by atoms with Crippen LogP contribution < -0.4 is 16.0 Å². The average molecular weight is 475 g/mol. The molecule has 186 valence electrons. The van der Waals surface area contributed by atoms with Crippen molar-refractivity contribution in [3.05, 3.63) is 42.2 Å². The minimum Gasteiger partial charge on any atom is -0.501 e. The van der Waals surface area contributed by atoms with Crippen molar-refractivity contribution in [2.75, 3.05) is 36.9 Å². The van der Waals surface area contributed by atoms with Crippen molar-refractivity contribution in [1.29, 1.82) is 0 Å². The molecule has 0 unspecified atom stereocenters. The fourth-order valence-corrected chi connectivity index (χ4v) is 7.68. The SMILES string of the molecule is O=C(CC12CC3CC(CC(C3)C1)C2)Nc1cccc2nc(NCCNCC3=COCCC3)ccc12. The van der Waals surface area contributed by atoms with Crippen LogP contribution in [0, 0.1) is 23.2 Å². The van der Waals surface area contributed by atoms with Gasteiger partial charge in [-0.2, -0.15) is 0 Å². The third kappa shape index (κ3) is 5.18. The minimum atomic E-state index is 0.172. The Morgan fingerprint density at radius 1 is 1.03 bits per heavy atom. The first-order chi connectivity index (χ1) is 17.1. The Morgan fingerprint density at radius 2 is 1.83 bits per heavy atom. The quantitative estimate of drug-likeness (QED) is 0.420. The topological polar surface area (TPSA) is 75.3 Å². The van der Waals surface area contributed by atoms with E-state index in [1.54, 1.807) is 0 Å². The smallest absolute Gasteiger partial charge is 0.224 e. The molecule has 4 fully saturated rings. The van der Waals surface area contributed by atoms with E-state index in [2.05, 4.69) is 22.0 Å². The van der Waals surface area contributed by atoms with Crippen LogP contribution in [0.2, 0.25) is 0 Å². The van der Waals surface area contributed by atoms with Crippen LogP contribution in [0.25, 0.3) is 10.9 Å². The lowest BCUT2D eigenvalue weighted by Gasteiger charge is -2.56. The van der Waals surface area contributed by atoms with Crippen molar-refractivity contribution >= 4 is 28.3 Å². The summed E-state index contributed by atoms with van der Waals surface area (Å²) in [6.07, 6.45) is 12.8. The third-order valence-corrected chi connectivity index (χ3v) is 8.68. The van der Waals surface area contributed by atoms with Crippen LogP contribution in [-0.2, 0) is 9.53 Å². The first-order valence-corrected chi connectivity index (χ1v) is 13.6. The van der Waals surface area contributed by atoms with Crippen LogP contribution in [0.3, 0.4) is 0 Å². The van der Waals surface area contributed by atoms with Gasteiger partial charge in [0.2, 0.25) is 5.91 Å². The summed E-state index contributed by atoms with van der Waals surface area (Å²) in [5, 5.41) is 11.1. The number of aromatic nitrogens is 1. The van der Waals surface area contributed by atoms with Gasteiger partial charge in [0.15, 0.2) is 0 Å². The zero-order valence-corrected chi connectivity index (χ0v) is 20.7. The van der Waals surface area contributed by atoms with E-state index in [1.807, 2.05) is 30.5 Å². The number of rotatable bonds is 9. The second kappa shape index (κ2) is 9.81. The van der Waals surface area contributed by atoms with Gasteiger partial charge in [-0.15, -0.1) is 0 Å². The molecule has 4 aliphatic carbocycles. The summed E-state index contributed by atoms with van der Waals surface area (Å²) in [7, 11) is 0. The summed E-state index contributed by atoms with van der Waals surface area (Å²) < 4.78 is 5.39. The Hall–Kier alpha value is -2.60. The van der Waals surface area contributed by atoms with Gasteiger partial charge in [0, 0.05) is 31.4 Å². The summed E-state index contributed by atoms with van der Waals surface area (Å²) in [6, 6.07) is 10.1. The largest absolute Gasteiger partial charge is 0.501 e. The van der Waals surface area contributed by atoms with E-state index < -0.39 is 0 Å². The second-order valence-corrected chi connectivity index (χ2v) is 11.6. The molecular formula is C29H38N4O2. The van der Waals surface area contributed by atoms with Gasteiger partial charge in [-0.1, -0.05) is 6.07 Å². The number of anilines is 2. The van der Waals surface area contributed by atoms with Crippen LogP contribution in [0.15, 0.2) is 42.2 Å². The van der Waals surface area contributed by atoms with Crippen molar-refractivity contribution in [2.45, 2.75) is 57.8 Å². The van der Waals surface area contributed by atoms with Crippen molar-refractivity contribution in [1.82, 2.24) is 10.3 Å². The zero-order chi connectivity index (χ0) is 23.7. The van der Waals surface area contributed by atoms with Gasteiger partial charge < -0.3 is 20.7 Å². The van der Waals surface area contributed by atoms with Gasteiger partial charge in [-0.25, -0.2) is 4.98 Å². The number of nitrogens with zero attached hydrogens (tertiary/aromatic N) is 1.